The average molecular weight is 336 g/mol. The number of ether oxygens (including phenoxy) is 1. The first-order chi connectivity index (χ1) is 10.2. The van der Waals surface area contributed by atoms with Gasteiger partial charge in [-0.2, -0.15) is 0 Å². The lowest BCUT2D eigenvalue weighted by molar-refractivity contribution is -0.0683. The van der Waals surface area contributed by atoms with Crippen molar-refractivity contribution >= 4 is 16.1 Å². The van der Waals surface area contributed by atoms with Crippen LogP contribution in [-0.2, 0) is 11.3 Å². The maximum absolute atomic E-state index is 6.37. The van der Waals surface area contributed by atoms with E-state index in [1.807, 2.05) is 0 Å². The van der Waals surface area contributed by atoms with Gasteiger partial charge in [-0.05, 0) is 17.1 Å². The minimum atomic E-state index is -1.19. The standard InChI is InChI=1S/C18H33NOSi2/c1-21(2,3)18(22(4,5)6)17-12-13-19(15-20-17)14-16-10-8-7-9-11-16/h7-11,17-18H,12-15H2,1-6H3. The topological polar surface area (TPSA) is 12.5 Å². The predicted octanol–water partition coefficient (Wildman–Crippen LogP) is 4.82. The Morgan fingerprint density at radius 2 is 1.64 bits per heavy atom. The van der Waals surface area contributed by atoms with Crippen LogP contribution in [0.5, 0.6) is 0 Å². The molecule has 0 aliphatic carbocycles. The van der Waals surface area contributed by atoms with E-state index in [0.717, 1.165) is 18.4 Å². The van der Waals surface area contributed by atoms with Crippen LogP contribution >= 0.6 is 0 Å². The molecule has 0 saturated carbocycles. The van der Waals surface area contributed by atoms with Gasteiger partial charge in [0.1, 0.15) is 0 Å². The fraction of sp³-hybridized carbons (Fsp3) is 0.667. The lowest BCUT2D eigenvalue weighted by atomic mass is 10.2. The van der Waals surface area contributed by atoms with E-state index in [1.165, 1.54) is 18.5 Å². The largest absolute Gasteiger partial charge is 0.363 e. The normalized spacial score (nSPS) is 21.3. The van der Waals surface area contributed by atoms with E-state index < -0.39 is 16.1 Å². The highest BCUT2D eigenvalue weighted by Gasteiger charge is 2.44. The van der Waals surface area contributed by atoms with Gasteiger partial charge >= 0.3 is 0 Å². The van der Waals surface area contributed by atoms with Gasteiger partial charge < -0.3 is 4.74 Å². The summed E-state index contributed by atoms with van der Waals surface area (Å²) in [7, 11) is -2.37. The van der Waals surface area contributed by atoms with Gasteiger partial charge in [0, 0.05) is 29.2 Å². The monoisotopic (exact) mass is 335 g/mol. The van der Waals surface area contributed by atoms with Gasteiger partial charge in [-0.1, -0.05) is 69.6 Å². The number of benzene rings is 1. The highest BCUT2D eigenvalue weighted by molar-refractivity contribution is 6.96. The lowest BCUT2D eigenvalue weighted by Gasteiger charge is -2.46. The summed E-state index contributed by atoms with van der Waals surface area (Å²) in [6.45, 7) is 18.1. The second-order valence-corrected chi connectivity index (χ2v) is 20.2. The molecule has 1 aromatic carbocycles. The summed E-state index contributed by atoms with van der Waals surface area (Å²) in [5, 5.41) is 0.846. The van der Waals surface area contributed by atoms with Gasteiger partial charge in [0.05, 0.1) is 12.8 Å². The van der Waals surface area contributed by atoms with Crippen LogP contribution in [0.4, 0.5) is 0 Å². The zero-order valence-electron chi connectivity index (χ0n) is 15.2. The number of hydrogen-bond donors (Lipinski definition) is 0. The molecule has 0 bridgehead atoms. The molecule has 1 atom stereocenters. The average Bonchev–Trinajstić information content (AvgIpc) is 2.39. The van der Waals surface area contributed by atoms with E-state index in [-0.39, 0.29) is 0 Å². The van der Waals surface area contributed by atoms with Crippen molar-refractivity contribution in [3.63, 3.8) is 0 Å². The summed E-state index contributed by atoms with van der Waals surface area (Å²) in [4.78, 5) is 2.44. The van der Waals surface area contributed by atoms with Crippen molar-refractivity contribution < 1.29 is 4.74 Å². The maximum Gasteiger partial charge on any atom is 0.0996 e. The Bertz CT molecular complexity index is 442. The molecule has 2 nitrogen and oxygen atoms in total. The molecule has 1 aromatic rings. The van der Waals surface area contributed by atoms with Crippen molar-refractivity contribution in [2.45, 2.75) is 63.5 Å². The van der Waals surface area contributed by atoms with E-state index in [1.54, 1.807) is 0 Å². The van der Waals surface area contributed by atoms with Gasteiger partial charge in [0.25, 0.3) is 0 Å². The van der Waals surface area contributed by atoms with Crippen LogP contribution in [0, 0.1) is 0 Å². The molecule has 1 unspecified atom stereocenters. The Labute approximate surface area is 138 Å². The van der Waals surface area contributed by atoms with Gasteiger partial charge in [0.2, 0.25) is 0 Å². The fourth-order valence-corrected chi connectivity index (χ4v) is 17.5. The molecule has 2 rings (SSSR count). The Balaban J connectivity index is 1.96. The van der Waals surface area contributed by atoms with Crippen molar-refractivity contribution in [1.29, 1.82) is 0 Å². The molecule has 0 N–H and O–H groups in total. The Morgan fingerprint density at radius 3 is 2.09 bits per heavy atom. The highest BCUT2D eigenvalue weighted by atomic mass is 28.4. The van der Waals surface area contributed by atoms with Crippen molar-refractivity contribution in [2.24, 2.45) is 0 Å². The Kier molecular flexibility index (Phi) is 5.70. The minimum absolute atomic E-state index is 0.491. The molecule has 0 amide bonds. The summed E-state index contributed by atoms with van der Waals surface area (Å²) < 4.78 is 6.37. The van der Waals surface area contributed by atoms with E-state index in [2.05, 4.69) is 74.5 Å². The molecular formula is C18H33NOSi2. The quantitative estimate of drug-likeness (QED) is 0.715. The third-order valence-corrected chi connectivity index (χ3v) is 14.4. The summed E-state index contributed by atoms with van der Waals surface area (Å²) in [6, 6.07) is 10.7. The zero-order valence-corrected chi connectivity index (χ0v) is 17.2. The Hall–Kier alpha value is -0.426. The third-order valence-electron chi connectivity index (χ3n) is 4.69. The van der Waals surface area contributed by atoms with Gasteiger partial charge in [-0.3, -0.25) is 4.90 Å². The molecule has 1 saturated heterocycles. The minimum Gasteiger partial charge on any atom is -0.363 e. The van der Waals surface area contributed by atoms with Crippen molar-refractivity contribution in [1.82, 2.24) is 4.90 Å². The predicted molar refractivity (Wildman–Crippen MR) is 102 cm³/mol. The van der Waals surface area contributed by atoms with Crippen molar-refractivity contribution in [3.8, 4) is 0 Å². The molecule has 0 radical (unpaired) electrons. The Morgan fingerprint density at radius 1 is 1.05 bits per heavy atom. The third kappa shape index (κ3) is 4.78. The molecule has 4 heteroatoms. The molecule has 1 aliphatic heterocycles. The summed E-state index contributed by atoms with van der Waals surface area (Å²) in [6.07, 6.45) is 1.69. The van der Waals surface area contributed by atoms with Crippen LogP contribution in [0.15, 0.2) is 30.3 Å². The zero-order chi connectivity index (χ0) is 16.4. The number of hydrogen-bond acceptors (Lipinski definition) is 2. The van der Waals surface area contributed by atoms with E-state index in [0.29, 0.717) is 6.10 Å². The van der Waals surface area contributed by atoms with E-state index >= 15 is 0 Å². The second-order valence-electron chi connectivity index (χ2n) is 8.87. The molecular weight excluding hydrogens is 302 g/mol. The van der Waals surface area contributed by atoms with Crippen molar-refractivity contribution in [2.75, 3.05) is 13.3 Å². The molecule has 124 valence electrons. The first-order valence-electron chi connectivity index (χ1n) is 8.56. The van der Waals surface area contributed by atoms with Crippen LogP contribution in [0.3, 0.4) is 0 Å². The maximum atomic E-state index is 6.37. The van der Waals surface area contributed by atoms with E-state index in [4.69, 9.17) is 4.74 Å². The van der Waals surface area contributed by atoms with Crippen LogP contribution in [0.25, 0.3) is 0 Å². The summed E-state index contributed by atoms with van der Waals surface area (Å²) in [5.74, 6) is 0. The number of nitrogens with zero attached hydrogens (tertiary/aromatic N) is 1. The summed E-state index contributed by atoms with van der Waals surface area (Å²) in [5.41, 5.74) is 1.39. The van der Waals surface area contributed by atoms with Gasteiger partial charge in [0.15, 0.2) is 0 Å². The van der Waals surface area contributed by atoms with Crippen molar-refractivity contribution in [3.05, 3.63) is 35.9 Å². The molecule has 0 aromatic heterocycles. The second kappa shape index (κ2) is 6.99. The van der Waals surface area contributed by atoms with Crippen LogP contribution < -0.4 is 0 Å². The molecule has 1 aliphatic rings. The first kappa shape index (κ1) is 17.9. The lowest BCUT2D eigenvalue weighted by Crippen LogP contribution is -2.53. The SMILES string of the molecule is C[Si](C)(C)C(C1CCN(Cc2ccccc2)CO1)[Si](C)(C)C. The smallest absolute Gasteiger partial charge is 0.0996 e. The van der Waals surface area contributed by atoms with Gasteiger partial charge in [-0.15, -0.1) is 0 Å². The van der Waals surface area contributed by atoms with E-state index in [9.17, 15) is 0 Å². The molecule has 1 heterocycles. The first-order valence-corrected chi connectivity index (χ1v) is 15.7. The molecule has 0 spiro atoms. The summed E-state index contributed by atoms with van der Waals surface area (Å²) >= 11 is 0. The highest BCUT2D eigenvalue weighted by Crippen LogP contribution is 2.39. The van der Waals surface area contributed by atoms with Crippen LogP contribution in [0.2, 0.25) is 44.4 Å². The van der Waals surface area contributed by atoms with Gasteiger partial charge in [-0.25, -0.2) is 0 Å². The fourth-order valence-electron chi connectivity index (χ4n) is 4.30. The number of rotatable bonds is 5. The molecule has 22 heavy (non-hydrogen) atoms. The molecule has 1 fully saturated rings. The van der Waals surface area contributed by atoms with Crippen LogP contribution in [0.1, 0.15) is 12.0 Å². The van der Waals surface area contributed by atoms with Crippen LogP contribution in [-0.4, -0.2) is 40.4 Å².